The van der Waals surface area contributed by atoms with Crippen LogP contribution in [0, 0.1) is 11.8 Å². The fourth-order valence-electron chi connectivity index (χ4n) is 1.22. The van der Waals surface area contributed by atoms with E-state index in [1.165, 1.54) is 12.0 Å². The van der Waals surface area contributed by atoms with Crippen LogP contribution in [0.5, 0.6) is 0 Å². The van der Waals surface area contributed by atoms with Crippen molar-refractivity contribution in [1.29, 1.82) is 0 Å². The summed E-state index contributed by atoms with van der Waals surface area (Å²) in [7, 11) is 1.28. The highest BCUT2D eigenvalue weighted by atomic mass is 32.2. The van der Waals surface area contributed by atoms with E-state index in [1.54, 1.807) is 11.8 Å². The van der Waals surface area contributed by atoms with Crippen LogP contribution in [-0.2, 0) is 9.53 Å². The van der Waals surface area contributed by atoms with Gasteiger partial charge in [-0.3, -0.25) is 0 Å². The second-order valence-corrected chi connectivity index (χ2v) is 4.77. The number of carbonyl (C=O) groups excluding carboxylic acids is 1. The largest absolute Gasteiger partial charge is 0.459 e. The summed E-state index contributed by atoms with van der Waals surface area (Å²) in [4.78, 5) is 11.9. The normalized spacial score (nSPS) is 11.2. The maximum Gasteiger partial charge on any atom is 0.384 e. The quantitative estimate of drug-likeness (QED) is 0.383. The third kappa shape index (κ3) is 6.33. The summed E-state index contributed by atoms with van der Waals surface area (Å²) in [6, 6.07) is 10.0. The molecule has 0 aliphatic carbocycles. The summed E-state index contributed by atoms with van der Waals surface area (Å²) in [5.41, 5.74) is 0. The lowest BCUT2D eigenvalue weighted by Gasteiger charge is -2.06. The Hall–Kier alpha value is -1.44. The lowest BCUT2D eigenvalue weighted by molar-refractivity contribution is -0.133. The third-order valence-electron chi connectivity index (χ3n) is 2.18. The summed E-state index contributed by atoms with van der Waals surface area (Å²) in [5, 5.41) is 9.64. The number of hydrogen-bond donors (Lipinski definition) is 1. The number of benzene rings is 1. The molecule has 0 amide bonds. The molecule has 1 rings (SSSR count). The van der Waals surface area contributed by atoms with Gasteiger partial charge in [-0.2, -0.15) is 0 Å². The fraction of sp³-hybridized carbons (Fsp3) is 0.357. The molecule has 0 heterocycles. The number of ether oxygens (including phenoxy) is 1. The van der Waals surface area contributed by atoms with E-state index in [0.29, 0.717) is 12.8 Å². The average Bonchev–Trinajstić information content (AvgIpc) is 2.39. The molecule has 18 heavy (non-hydrogen) atoms. The molecular weight excluding hydrogens is 248 g/mol. The first-order chi connectivity index (χ1) is 8.72. The zero-order valence-corrected chi connectivity index (χ0v) is 11.1. The average molecular weight is 264 g/mol. The summed E-state index contributed by atoms with van der Waals surface area (Å²) in [5.74, 6) is 5.15. The topological polar surface area (TPSA) is 46.5 Å². The van der Waals surface area contributed by atoms with Crippen LogP contribution in [0.4, 0.5) is 0 Å². The van der Waals surface area contributed by atoms with Crippen molar-refractivity contribution in [2.24, 2.45) is 0 Å². The number of aliphatic hydroxyl groups excluding tert-OH is 1. The van der Waals surface area contributed by atoms with Crippen LogP contribution in [-0.4, -0.2) is 30.0 Å². The van der Waals surface area contributed by atoms with Crippen LogP contribution in [0.2, 0.25) is 0 Å². The van der Waals surface area contributed by atoms with Gasteiger partial charge in [0.1, 0.15) is 0 Å². The van der Waals surface area contributed by atoms with Crippen LogP contribution in [0.3, 0.4) is 0 Å². The minimum absolute atomic E-state index is 0.296. The molecule has 0 aliphatic rings. The van der Waals surface area contributed by atoms with Crippen LogP contribution < -0.4 is 0 Å². The van der Waals surface area contributed by atoms with Gasteiger partial charge in [0.05, 0.1) is 13.2 Å². The van der Waals surface area contributed by atoms with Crippen molar-refractivity contribution in [3.8, 4) is 11.8 Å². The van der Waals surface area contributed by atoms with Gasteiger partial charge < -0.3 is 9.84 Å². The zero-order chi connectivity index (χ0) is 13.2. The van der Waals surface area contributed by atoms with E-state index in [1.807, 2.05) is 30.3 Å². The molecule has 3 nitrogen and oxygen atoms in total. The second-order valence-electron chi connectivity index (χ2n) is 3.60. The van der Waals surface area contributed by atoms with Crippen LogP contribution in [0.15, 0.2) is 35.2 Å². The van der Waals surface area contributed by atoms with Crippen molar-refractivity contribution in [2.75, 3.05) is 12.9 Å². The number of carbonyl (C=O) groups is 1. The predicted molar refractivity (Wildman–Crippen MR) is 72.2 cm³/mol. The third-order valence-corrected chi connectivity index (χ3v) is 3.22. The molecule has 0 aliphatic heterocycles. The predicted octanol–water partition coefficient (Wildman–Crippen LogP) is 2.10. The number of methoxy groups -OCH3 is 1. The number of thioether (sulfide) groups is 1. The van der Waals surface area contributed by atoms with E-state index in [-0.39, 0.29) is 0 Å². The molecule has 1 unspecified atom stereocenters. The Morgan fingerprint density at radius 3 is 2.83 bits per heavy atom. The molecule has 0 bridgehead atoms. The number of esters is 1. The molecule has 1 aromatic rings. The van der Waals surface area contributed by atoms with E-state index in [0.717, 1.165) is 5.75 Å². The molecule has 96 valence electrons. The van der Waals surface area contributed by atoms with Crippen molar-refractivity contribution in [2.45, 2.75) is 23.8 Å². The summed E-state index contributed by atoms with van der Waals surface area (Å²) >= 11 is 1.69. The van der Waals surface area contributed by atoms with Gasteiger partial charge in [0.25, 0.3) is 0 Å². The standard InChI is InChI=1S/C14H16O3S/c1-17-14(16)9-5-6-12(15)10-11-18-13-7-3-2-4-8-13/h2-4,7-8,12,15H,6,10-11H2,1H3. The van der Waals surface area contributed by atoms with Crippen LogP contribution in [0.25, 0.3) is 0 Å². The maximum absolute atomic E-state index is 10.7. The molecule has 0 radical (unpaired) electrons. The van der Waals surface area contributed by atoms with Crippen molar-refractivity contribution >= 4 is 17.7 Å². The molecule has 0 aromatic heterocycles. The number of rotatable bonds is 5. The van der Waals surface area contributed by atoms with E-state index in [2.05, 4.69) is 16.6 Å². The van der Waals surface area contributed by atoms with E-state index >= 15 is 0 Å². The zero-order valence-electron chi connectivity index (χ0n) is 10.3. The molecule has 0 fully saturated rings. The van der Waals surface area contributed by atoms with E-state index in [4.69, 9.17) is 0 Å². The molecular formula is C14H16O3S. The maximum atomic E-state index is 10.7. The molecule has 0 saturated carbocycles. The van der Waals surface area contributed by atoms with E-state index < -0.39 is 12.1 Å². The summed E-state index contributed by atoms with van der Waals surface area (Å²) in [6.07, 6.45) is 0.443. The Kier molecular flexibility index (Phi) is 7.00. The molecule has 0 spiro atoms. The monoisotopic (exact) mass is 264 g/mol. The van der Waals surface area contributed by atoms with Gasteiger partial charge in [0, 0.05) is 23.0 Å². The minimum Gasteiger partial charge on any atom is -0.459 e. The van der Waals surface area contributed by atoms with Crippen molar-refractivity contribution in [1.82, 2.24) is 0 Å². The van der Waals surface area contributed by atoms with Gasteiger partial charge in [-0.05, 0) is 18.6 Å². The highest BCUT2D eigenvalue weighted by molar-refractivity contribution is 7.99. The van der Waals surface area contributed by atoms with Gasteiger partial charge >= 0.3 is 5.97 Å². The number of aliphatic hydroxyl groups is 1. The van der Waals surface area contributed by atoms with Crippen molar-refractivity contribution in [3.63, 3.8) is 0 Å². The molecule has 1 atom stereocenters. The highest BCUT2D eigenvalue weighted by Crippen LogP contribution is 2.18. The summed E-state index contributed by atoms with van der Waals surface area (Å²) < 4.78 is 4.37. The molecule has 1 aromatic carbocycles. The minimum atomic E-state index is -0.569. The lowest BCUT2D eigenvalue weighted by Crippen LogP contribution is -2.06. The van der Waals surface area contributed by atoms with Crippen LogP contribution in [0.1, 0.15) is 12.8 Å². The molecule has 4 heteroatoms. The smallest absolute Gasteiger partial charge is 0.384 e. The molecule has 0 saturated heterocycles. The molecule has 1 N–H and O–H groups in total. The van der Waals surface area contributed by atoms with E-state index in [9.17, 15) is 9.90 Å². The van der Waals surface area contributed by atoms with Gasteiger partial charge in [-0.1, -0.05) is 24.1 Å². The first-order valence-electron chi connectivity index (χ1n) is 5.65. The fourth-order valence-corrected chi connectivity index (χ4v) is 2.20. The Balaban J connectivity index is 2.19. The SMILES string of the molecule is COC(=O)C#CCC(O)CCSc1ccccc1. The highest BCUT2D eigenvalue weighted by Gasteiger charge is 2.02. The first kappa shape index (κ1) is 14.6. The Bertz CT molecular complexity index is 420. The number of hydrogen-bond acceptors (Lipinski definition) is 4. The van der Waals surface area contributed by atoms with Gasteiger partial charge in [-0.15, -0.1) is 11.8 Å². The van der Waals surface area contributed by atoms with Crippen molar-refractivity contribution in [3.05, 3.63) is 30.3 Å². The second kappa shape index (κ2) is 8.62. The first-order valence-corrected chi connectivity index (χ1v) is 6.63. The van der Waals surface area contributed by atoms with Crippen LogP contribution >= 0.6 is 11.8 Å². The van der Waals surface area contributed by atoms with Gasteiger partial charge in [-0.25, -0.2) is 4.79 Å². The summed E-state index contributed by atoms with van der Waals surface area (Å²) in [6.45, 7) is 0. The Morgan fingerprint density at radius 2 is 2.17 bits per heavy atom. The van der Waals surface area contributed by atoms with Gasteiger partial charge in [0.15, 0.2) is 0 Å². The van der Waals surface area contributed by atoms with Crippen molar-refractivity contribution < 1.29 is 14.6 Å². The Labute approximate surface area is 112 Å². The Morgan fingerprint density at radius 1 is 1.44 bits per heavy atom. The van der Waals surface area contributed by atoms with Gasteiger partial charge in [0.2, 0.25) is 0 Å². The lowest BCUT2D eigenvalue weighted by atomic mass is 10.2.